The molecule has 0 unspecified atom stereocenters. The van der Waals surface area contributed by atoms with Crippen molar-refractivity contribution in [3.8, 4) is 11.3 Å². The minimum Gasteiger partial charge on any atom is -0.455 e. The van der Waals surface area contributed by atoms with Gasteiger partial charge in [0.1, 0.15) is 11.5 Å². The highest BCUT2D eigenvalue weighted by atomic mass is 35.5. The molecule has 0 fully saturated rings. The van der Waals surface area contributed by atoms with E-state index in [2.05, 4.69) is 15.8 Å². The molecule has 0 saturated carbocycles. The molecular formula is C14H14ClN3O2S. The molecule has 0 aliphatic carbocycles. The number of hydrazone groups is 1. The maximum absolute atomic E-state index is 8.64. The zero-order valence-electron chi connectivity index (χ0n) is 11.0. The van der Waals surface area contributed by atoms with Crippen LogP contribution >= 0.6 is 23.8 Å². The van der Waals surface area contributed by atoms with Crippen LogP contribution in [0.2, 0.25) is 5.02 Å². The Hall–Kier alpha value is -1.89. The fraction of sp³-hybridized carbons (Fsp3) is 0.143. The Kier molecular flexibility index (Phi) is 5.74. The van der Waals surface area contributed by atoms with E-state index in [4.69, 9.17) is 33.3 Å². The summed E-state index contributed by atoms with van der Waals surface area (Å²) in [4.78, 5) is 0. The number of hydrogen-bond donors (Lipinski definition) is 3. The molecule has 0 atom stereocenters. The van der Waals surface area contributed by atoms with Gasteiger partial charge in [0.05, 0.1) is 17.8 Å². The van der Waals surface area contributed by atoms with Crippen molar-refractivity contribution in [1.29, 1.82) is 0 Å². The van der Waals surface area contributed by atoms with Crippen LogP contribution in [0.15, 0.2) is 45.9 Å². The summed E-state index contributed by atoms with van der Waals surface area (Å²) in [5.41, 5.74) is 3.44. The van der Waals surface area contributed by atoms with E-state index in [9.17, 15) is 0 Å². The summed E-state index contributed by atoms with van der Waals surface area (Å²) in [6, 6.07) is 11.1. The quantitative estimate of drug-likeness (QED) is 0.448. The summed E-state index contributed by atoms with van der Waals surface area (Å²) in [5, 5.41) is 16.3. The van der Waals surface area contributed by atoms with Crippen molar-refractivity contribution < 1.29 is 9.52 Å². The summed E-state index contributed by atoms with van der Waals surface area (Å²) in [7, 11) is 0. The standard InChI is InChI=1S/C14H14ClN3O2S/c15-12-4-2-1-3-11(12)13-6-5-10(20-13)9-17-18-14(21)16-7-8-19/h1-6,9,19H,7-8H2,(H2,16,18,21). The molecule has 0 aliphatic heterocycles. The van der Waals surface area contributed by atoms with Crippen LogP contribution in [0.25, 0.3) is 11.3 Å². The van der Waals surface area contributed by atoms with Gasteiger partial charge in [-0.1, -0.05) is 23.7 Å². The van der Waals surface area contributed by atoms with E-state index in [1.807, 2.05) is 24.3 Å². The lowest BCUT2D eigenvalue weighted by molar-refractivity contribution is 0.300. The van der Waals surface area contributed by atoms with Crippen molar-refractivity contribution in [3.63, 3.8) is 0 Å². The van der Waals surface area contributed by atoms with Crippen LogP contribution < -0.4 is 10.7 Å². The number of hydrogen-bond acceptors (Lipinski definition) is 4. The number of halogens is 1. The first kappa shape index (κ1) is 15.5. The molecule has 7 heteroatoms. The molecule has 21 heavy (non-hydrogen) atoms. The lowest BCUT2D eigenvalue weighted by Crippen LogP contribution is -2.33. The minimum absolute atomic E-state index is 0.00487. The van der Waals surface area contributed by atoms with Crippen LogP contribution in [0.3, 0.4) is 0 Å². The number of aliphatic hydroxyl groups excluding tert-OH is 1. The first-order chi connectivity index (χ1) is 10.2. The third-order valence-electron chi connectivity index (χ3n) is 2.52. The van der Waals surface area contributed by atoms with Gasteiger partial charge in [0.25, 0.3) is 0 Å². The molecule has 110 valence electrons. The maximum atomic E-state index is 8.64. The molecule has 0 aliphatic rings. The van der Waals surface area contributed by atoms with Gasteiger partial charge in [0.2, 0.25) is 0 Å². The second-order valence-corrected chi connectivity index (χ2v) is 4.85. The van der Waals surface area contributed by atoms with E-state index >= 15 is 0 Å². The first-order valence-electron chi connectivity index (χ1n) is 6.23. The predicted molar refractivity (Wildman–Crippen MR) is 87.6 cm³/mol. The molecule has 0 saturated heterocycles. The van der Waals surface area contributed by atoms with Crippen molar-refractivity contribution in [2.75, 3.05) is 13.2 Å². The predicted octanol–water partition coefficient (Wildman–Crippen LogP) is 2.39. The average molecular weight is 324 g/mol. The van der Waals surface area contributed by atoms with Crippen LogP contribution in [-0.2, 0) is 0 Å². The Bertz CT molecular complexity index is 643. The Morgan fingerprint density at radius 3 is 2.90 bits per heavy atom. The maximum Gasteiger partial charge on any atom is 0.187 e. The monoisotopic (exact) mass is 323 g/mol. The summed E-state index contributed by atoms with van der Waals surface area (Å²) < 4.78 is 5.64. The molecule has 2 aromatic rings. The number of thiocarbonyl (C=S) groups is 1. The van der Waals surface area contributed by atoms with Gasteiger partial charge in [-0.15, -0.1) is 0 Å². The Morgan fingerprint density at radius 1 is 1.33 bits per heavy atom. The van der Waals surface area contributed by atoms with Crippen LogP contribution in [-0.4, -0.2) is 29.6 Å². The van der Waals surface area contributed by atoms with Gasteiger partial charge in [-0.25, -0.2) is 0 Å². The molecule has 0 spiro atoms. The largest absolute Gasteiger partial charge is 0.455 e. The van der Waals surface area contributed by atoms with Gasteiger partial charge in [-0.05, 0) is 36.5 Å². The van der Waals surface area contributed by atoms with Crippen molar-refractivity contribution >= 4 is 35.1 Å². The number of benzene rings is 1. The third kappa shape index (κ3) is 4.56. The molecule has 1 aromatic heterocycles. The fourth-order valence-corrected chi connectivity index (χ4v) is 1.98. The zero-order chi connectivity index (χ0) is 15.1. The van der Waals surface area contributed by atoms with E-state index in [1.165, 1.54) is 6.21 Å². The van der Waals surface area contributed by atoms with Crippen LogP contribution in [0.1, 0.15) is 5.76 Å². The van der Waals surface area contributed by atoms with E-state index in [-0.39, 0.29) is 6.61 Å². The summed E-state index contributed by atoms with van der Waals surface area (Å²) in [6.07, 6.45) is 1.51. The first-order valence-corrected chi connectivity index (χ1v) is 7.02. The van der Waals surface area contributed by atoms with Crippen LogP contribution in [0.5, 0.6) is 0 Å². The number of furan rings is 1. The van der Waals surface area contributed by atoms with E-state index in [0.29, 0.717) is 28.2 Å². The molecule has 0 amide bonds. The van der Waals surface area contributed by atoms with Crippen LogP contribution in [0.4, 0.5) is 0 Å². The van der Waals surface area contributed by atoms with Gasteiger partial charge >= 0.3 is 0 Å². The lowest BCUT2D eigenvalue weighted by atomic mass is 10.2. The van der Waals surface area contributed by atoms with Gasteiger partial charge in [-0.2, -0.15) is 5.10 Å². The van der Waals surface area contributed by atoms with Crippen molar-refractivity contribution in [2.24, 2.45) is 5.10 Å². The topological polar surface area (TPSA) is 69.8 Å². The Labute approximate surface area is 132 Å². The molecule has 1 heterocycles. The van der Waals surface area contributed by atoms with E-state index < -0.39 is 0 Å². The highest BCUT2D eigenvalue weighted by Gasteiger charge is 2.06. The molecule has 1 aromatic carbocycles. The average Bonchev–Trinajstić information content (AvgIpc) is 2.94. The lowest BCUT2D eigenvalue weighted by Gasteiger charge is -2.03. The highest BCUT2D eigenvalue weighted by molar-refractivity contribution is 7.80. The molecule has 5 nitrogen and oxygen atoms in total. The second-order valence-electron chi connectivity index (χ2n) is 4.03. The molecule has 2 rings (SSSR count). The fourth-order valence-electron chi connectivity index (χ4n) is 1.59. The Morgan fingerprint density at radius 2 is 2.14 bits per heavy atom. The highest BCUT2D eigenvalue weighted by Crippen LogP contribution is 2.28. The summed E-state index contributed by atoms with van der Waals surface area (Å²) in [5.74, 6) is 1.24. The van der Waals surface area contributed by atoms with E-state index in [0.717, 1.165) is 5.56 Å². The minimum atomic E-state index is 0.00487. The van der Waals surface area contributed by atoms with Crippen molar-refractivity contribution in [2.45, 2.75) is 0 Å². The van der Waals surface area contributed by atoms with Crippen molar-refractivity contribution in [3.05, 3.63) is 47.2 Å². The van der Waals surface area contributed by atoms with Crippen molar-refractivity contribution in [1.82, 2.24) is 10.7 Å². The van der Waals surface area contributed by atoms with Gasteiger partial charge < -0.3 is 14.8 Å². The molecule has 3 N–H and O–H groups in total. The number of nitrogens with zero attached hydrogens (tertiary/aromatic N) is 1. The molecular weight excluding hydrogens is 310 g/mol. The Balaban J connectivity index is 1.98. The SMILES string of the molecule is OCCNC(=S)NN=Cc1ccc(-c2ccccc2Cl)o1. The third-order valence-corrected chi connectivity index (χ3v) is 3.09. The second kappa shape index (κ2) is 7.78. The van der Waals surface area contributed by atoms with Crippen LogP contribution in [0, 0.1) is 0 Å². The van der Waals surface area contributed by atoms with Gasteiger partial charge in [-0.3, -0.25) is 5.43 Å². The number of rotatable bonds is 5. The molecule has 0 radical (unpaired) electrons. The normalized spacial score (nSPS) is 10.8. The number of nitrogens with one attached hydrogen (secondary N) is 2. The zero-order valence-corrected chi connectivity index (χ0v) is 12.6. The molecule has 0 bridgehead atoms. The van der Waals surface area contributed by atoms with Gasteiger partial charge in [0, 0.05) is 12.1 Å². The van der Waals surface area contributed by atoms with Gasteiger partial charge in [0.15, 0.2) is 5.11 Å². The number of aliphatic hydroxyl groups is 1. The summed E-state index contributed by atoms with van der Waals surface area (Å²) >= 11 is 11.0. The smallest absolute Gasteiger partial charge is 0.187 e. The van der Waals surface area contributed by atoms with E-state index in [1.54, 1.807) is 12.1 Å². The summed E-state index contributed by atoms with van der Waals surface area (Å²) in [6.45, 7) is 0.379.